The summed E-state index contributed by atoms with van der Waals surface area (Å²) in [6.07, 6.45) is -0.525. The maximum atomic E-state index is 11.9. The molecular formula is C16H14N4O4S. The highest BCUT2D eigenvalue weighted by atomic mass is 32.2. The summed E-state index contributed by atoms with van der Waals surface area (Å²) in [6.45, 7) is 1.67. The predicted octanol–water partition coefficient (Wildman–Crippen LogP) is 2.42. The summed E-state index contributed by atoms with van der Waals surface area (Å²) >= 11 is 1.03. The van der Waals surface area contributed by atoms with Crippen LogP contribution in [0.5, 0.6) is 11.5 Å². The Labute approximate surface area is 147 Å². The molecule has 0 bridgehead atoms. The third kappa shape index (κ3) is 3.80. The third-order valence-electron chi connectivity index (χ3n) is 3.43. The highest BCUT2D eigenvalue weighted by Gasteiger charge is 2.28. The molecule has 2 atom stereocenters. The van der Waals surface area contributed by atoms with Gasteiger partial charge in [0.2, 0.25) is 6.10 Å². The Morgan fingerprint density at radius 3 is 2.92 bits per heavy atom. The molecule has 0 spiro atoms. The van der Waals surface area contributed by atoms with Gasteiger partial charge in [0.1, 0.15) is 12.5 Å². The molecular weight excluding hydrogens is 344 g/mol. The van der Waals surface area contributed by atoms with Crippen molar-refractivity contribution in [2.75, 3.05) is 12.4 Å². The zero-order valence-electron chi connectivity index (χ0n) is 13.3. The van der Waals surface area contributed by atoms with Crippen molar-refractivity contribution in [1.29, 1.82) is 10.7 Å². The van der Waals surface area contributed by atoms with Crippen LogP contribution in [0.15, 0.2) is 33.9 Å². The van der Waals surface area contributed by atoms with Gasteiger partial charge in [0, 0.05) is 5.71 Å². The van der Waals surface area contributed by atoms with Crippen LogP contribution in [0.3, 0.4) is 0 Å². The number of Topliss-reactive ketones (excluding diaryl/α,β-unsaturated/α-hetero) is 1. The first kappa shape index (κ1) is 17.0. The van der Waals surface area contributed by atoms with Crippen molar-refractivity contribution in [3.05, 3.63) is 30.2 Å². The number of nitrogens with zero attached hydrogens (tertiary/aromatic N) is 3. The fourth-order valence-corrected chi connectivity index (χ4v) is 2.85. The van der Waals surface area contributed by atoms with Gasteiger partial charge in [-0.2, -0.15) is 5.26 Å². The van der Waals surface area contributed by atoms with Crippen molar-refractivity contribution in [1.82, 2.24) is 10.2 Å². The monoisotopic (exact) mass is 358 g/mol. The van der Waals surface area contributed by atoms with E-state index in [2.05, 4.69) is 10.2 Å². The van der Waals surface area contributed by atoms with E-state index in [1.807, 2.05) is 24.3 Å². The number of nitriles is 1. The number of ether oxygens (including phenoxy) is 2. The first-order valence-corrected chi connectivity index (χ1v) is 8.39. The number of thioether (sulfide) groups is 1. The van der Waals surface area contributed by atoms with Crippen LogP contribution < -0.4 is 9.47 Å². The van der Waals surface area contributed by atoms with E-state index < -0.39 is 12.0 Å². The Kier molecular flexibility index (Phi) is 5.00. The zero-order valence-corrected chi connectivity index (χ0v) is 14.1. The molecule has 1 aliphatic heterocycles. The lowest BCUT2D eigenvalue weighted by molar-refractivity contribution is -0.117. The summed E-state index contributed by atoms with van der Waals surface area (Å²) in [5, 5.41) is 24.3. The van der Waals surface area contributed by atoms with E-state index in [1.165, 1.54) is 6.92 Å². The van der Waals surface area contributed by atoms with Gasteiger partial charge in [0.25, 0.3) is 11.1 Å². The average molecular weight is 358 g/mol. The minimum absolute atomic E-state index is 0.0192. The summed E-state index contributed by atoms with van der Waals surface area (Å²) in [5.41, 5.74) is 0.0192. The van der Waals surface area contributed by atoms with Gasteiger partial charge >= 0.3 is 0 Å². The first-order chi connectivity index (χ1) is 12.1. The number of carbonyl (C=O) groups excluding carboxylic acids is 1. The van der Waals surface area contributed by atoms with Gasteiger partial charge in [-0.25, -0.2) is 0 Å². The van der Waals surface area contributed by atoms with Crippen LogP contribution in [0.25, 0.3) is 0 Å². The van der Waals surface area contributed by atoms with Crippen LogP contribution in [0.1, 0.15) is 18.9 Å². The largest absolute Gasteiger partial charge is 0.485 e. The lowest BCUT2D eigenvalue weighted by atomic mass is 10.0. The van der Waals surface area contributed by atoms with Crippen molar-refractivity contribution >= 4 is 23.3 Å². The SMILES string of the molecule is CC(=N)C(C#N)C(=O)CSc1nnc([C@@H]2COc3ccccc3O2)o1. The number of nitrogens with one attached hydrogen (secondary N) is 1. The van der Waals surface area contributed by atoms with Gasteiger partial charge in [0.15, 0.2) is 17.3 Å². The van der Waals surface area contributed by atoms with Crippen LogP contribution >= 0.6 is 11.8 Å². The van der Waals surface area contributed by atoms with Crippen LogP contribution in [0.4, 0.5) is 0 Å². The van der Waals surface area contributed by atoms with Crippen molar-refractivity contribution < 1.29 is 18.7 Å². The summed E-state index contributed by atoms with van der Waals surface area (Å²) in [5.74, 6) is 0.0700. The number of fused-ring (bicyclic) bond motifs is 1. The fourth-order valence-electron chi connectivity index (χ4n) is 2.18. The molecule has 8 nitrogen and oxygen atoms in total. The molecule has 2 aromatic rings. The number of aromatic nitrogens is 2. The topological polar surface area (TPSA) is 122 Å². The van der Waals surface area contributed by atoms with E-state index in [4.69, 9.17) is 24.6 Å². The molecule has 0 saturated heterocycles. The predicted molar refractivity (Wildman–Crippen MR) is 87.8 cm³/mol. The molecule has 0 saturated carbocycles. The Hall–Kier alpha value is -2.86. The van der Waals surface area contributed by atoms with Gasteiger partial charge in [0.05, 0.1) is 11.8 Å². The highest BCUT2D eigenvalue weighted by molar-refractivity contribution is 7.99. The fraction of sp³-hybridized carbons (Fsp3) is 0.312. The molecule has 25 heavy (non-hydrogen) atoms. The Balaban J connectivity index is 1.61. The molecule has 0 fully saturated rings. The summed E-state index contributed by atoms with van der Waals surface area (Å²) in [7, 11) is 0. The molecule has 2 heterocycles. The smallest absolute Gasteiger partial charge is 0.277 e. The zero-order chi connectivity index (χ0) is 17.8. The number of rotatable bonds is 6. The quantitative estimate of drug-likeness (QED) is 0.617. The maximum Gasteiger partial charge on any atom is 0.277 e. The van der Waals surface area contributed by atoms with E-state index in [0.717, 1.165) is 11.8 Å². The Morgan fingerprint density at radius 1 is 1.44 bits per heavy atom. The van der Waals surface area contributed by atoms with Crippen LogP contribution in [-0.4, -0.2) is 34.1 Å². The molecule has 9 heteroatoms. The molecule has 3 rings (SSSR count). The first-order valence-electron chi connectivity index (χ1n) is 7.40. The molecule has 0 aliphatic carbocycles. The average Bonchev–Trinajstić information content (AvgIpc) is 3.09. The van der Waals surface area contributed by atoms with Crippen molar-refractivity contribution in [2.24, 2.45) is 5.92 Å². The normalized spacial score (nSPS) is 16.7. The molecule has 128 valence electrons. The summed E-state index contributed by atoms with van der Waals surface area (Å²) in [4.78, 5) is 11.9. The number of hydrogen-bond acceptors (Lipinski definition) is 9. The van der Waals surface area contributed by atoms with Crippen LogP contribution in [0, 0.1) is 22.7 Å². The van der Waals surface area contributed by atoms with Crippen LogP contribution in [0.2, 0.25) is 0 Å². The molecule has 0 amide bonds. The lowest BCUT2D eigenvalue weighted by Gasteiger charge is -2.23. The Morgan fingerprint density at radius 2 is 2.20 bits per heavy atom. The van der Waals surface area contributed by atoms with Crippen molar-refractivity contribution in [2.45, 2.75) is 18.3 Å². The number of ketones is 1. The Bertz CT molecular complexity index is 845. The van der Waals surface area contributed by atoms with Gasteiger partial charge in [-0.15, -0.1) is 10.2 Å². The van der Waals surface area contributed by atoms with Gasteiger partial charge < -0.3 is 19.3 Å². The minimum Gasteiger partial charge on any atom is -0.485 e. The molecule has 1 aliphatic rings. The molecule has 0 radical (unpaired) electrons. The molecule has 1 aromatic heterocycles. The van der Waals surface area contributed by atoms with Crippen molar-refractivity contribution in [3.63, 3.8) is 0 Å². The number of para-hydroxylation sites is 2. The standard InChI is InChI=1S/C16H14N4O4S/c1-9(18)10(6-17)11(21)8-25-16-20-19-15(24-16)14-7-22-12-4-2-3-5-13(12)23-14/h2-5,10,14,18H,7-8H2,1H3/t10?,14-/m0/s1. The summed E-state index contributed by atoms with van der Waals surface area (Å²) in [6, 6.07) is 9.10. The molecule has 1 aromatic carbocycles. The summed E-state index contributed by atoms with van der Waals surface area (Å²) < 4.78 is 16.9. The second-order valence-electron chi connectivity index (χ2n) is 5.27. The van der Waals surface area contributed by atoms with E-state index in [9.17, 15) is 4.79 Å². The third-order valence-corrected chi connectivity index (χ3v) is 4.27. The van der Waals surface area contributed by atoms with E-state index >= 15 is 0 Å². The van der Waals surface area contributed by atoms with Crippen LogP contribution in [-0.2, 0) is 4.79 Å². The molecule has 1 N–H and O–H groups in total. The number of carbonyl (C=O) groups is 1. The van der Waals surface area contributed by atoms with Gasteiger partial charge in [-0.1, -0.05) is 23.9 Å². The minimum atomic E-state index is -1.04. The van der Waals surface area contributed by atoms with E-state index in [-0.39, 0.29) is 35.0 Å². The molecule has 1 unspecified atom stereocenters. The lowest BCUT2D eigenvalue weighted by Crippen LogP contribution is -2.21. The second-order valence-corrected chi connectivity index (χ2v) is 6.20. The number of benzene rings is 1. The van der Waals surface area contributed by atoms with E-state index in [0.29, 0.717) is 11.5 Å². The number of hydrogen-bond donors (Lipinski definition) is 1. The van der Waals surface area contributed by atoms with Crippen molar-refractivity contribution in [3.8, 4) is 17.6 Å². The van der Waals surface area contributed by atoms with E-state index in [1.54, 1.807) is 6.07 Å². The maximum absolute atomic E-state index is 11.9. The second kappa shape index (κ2) is 7.36. The highest BCUT2D eigenvalue weighted by Crippen LogP contribution is 2.35. The van der Waals surface area contributed by atoms with Gasteiger partial charge in [-0.3, -0.25) is 4.79 Å². The van der Waals surface area contributed by atoms with Gasteiger partial charge in [-0.05, 0) is 19.1 Å².